The summed E-state index contributed by atoms with van der Waals surface area (Å²) in [7, 11) is 0. The van der Waals surface area contributed by atoms with Crippen LogP contribution >= 0.6 is 0 Å². The number of hydrogen-bond donors (Lipinski definition) is 1. The summed E-state index contributed by atoms with van der Waals surface area (Å²) >= 11 is 0. The summed E-state index contributed by atoms with van der Waals surface area (Å²) in [5.74, 6) is 0.734. The average Bonchev–Trinajstić information content (AvgIpc) is 3.28. The predicted octanol–water partition coefficient (Wildman–Crippen LogP) is 3.32. The van der Waals surface area contributed by atoms with Crippen LogP contribution in [0.15, 0.2) is 30.5 Å². The number of aromatic amines is 1. The standard InChI is InChI=1S/C17H21N3O/c1-12-17(9-18-19-12)10-20(11-21)13(2)15-4-3-5-16(8-15)14-6-7-14/h3-5,8-9,11,13-14H,6-7,10H2,1-2H3,(H,18,19). The molecule has 21 heavy (non-hydrogen) atoms. The Kier molecular flexibility index (Phi) is 3.78. The lowest BCUT2D eigenvalue weighted by Crippen LogP contribution is -2.25. The topological polar surface area (TPSA) is 49.0 Å². The average molecular weight is 283 g/mol. The van der Waals surface area contributed by atoms with Crippen LogP contribution in [0.4, 0.5) is 0 Å². The van der Waals surface area contributed by atoms with Crippen LogP contribution in [0.25, 0.3) is 0 Å². The van der Waals surface area contributed by atoms with Gasteiger partial charge in [0.2, 0.25) is 6.41 Å². The fourth-order valence-corrected chi connectivity index (χ4v) is 2.68. The van der Waals surface area contributed by atoms with Crippen LogP contribution in [0.1, 0.15) is 54.1 Å². The molecule has 1 aromatic heterocycles. The highest BCUT2D eigenvalue weighted by Crippen LogP contribution is 2.40. The molecule has 1 N–H and O–H groups in total. The zero-order valence-corrected chi connectivity index (χ0v) is 12.5. The minimum Gasteiger partial charge on any atom is -0.334 e. The summed E-state index contributed by atoms with van der Waals surface area (Å²) < 4.78 is 0. The number of carbonyl (C=O) groups is 1. The van der Waals surface area contributed by atoms with Crippen LogP contribution in [0.2, 0.25) is 0 Å². The number of rotatable bonds is 6. The van der Waals surface area contributed by atoms with E-state index in [1.165, 1.54) is 24.0 Å². The van der Waals surface area contributed by atoms with Gasteiger partial charge in [-0.05, 0) is 43.7 Å². The Morgan fingerprint density at radius 3 is 2.90 bits per heavy atom. The maximum Gasteiger partial charge on any atom is 0.210 e. The molecule has 1 amide bonds. The predicted molar refractivity (Wildman–Crippen MR) is 81.8 cm³/mol. The molecule has 110 valence electrons. The van der Waals surface area contributed by atoms with E-state index in [1.54, 1.807) is 6.20 Å². The Hall–Kier alpha value is -2.10. The number of amides is 1. The molecule has 4 nitrogen and oxygen atoms in total. The van der Waals surface area contributed by atoms with Gasteiger partial charge in [0.15, 0.2) is 0 Å². The summed E-state index contributed by atoms with van der Waals surface area (Å²) in [5, 5.41) is 6.94. The first kappa shape index (κ1) is 13.9. The van der Waals surface area contributed by atoms with Crippen LogP contribution in [0, 0.1) is 6.92 Å². The molecule has 0 radical (unpaired) electrons. The van der Waals surface area contributed by atoms with Gasteiger partial charge in [-0.2, -0.15) is 5.10 Å². The van der Waals surface area contributed by atoms with E-state index in [1.807, 2.05) is 11.8 Å². The van der Waals surface area contributed by atoms with E-state index in [9.17, 15) is 4.79 Å². The second-order valence-electron chi connectivity index (χ2n) is 5.92. The minimum atomic E-state index is 0.0653. The van der Waals surface area contributed by atoms with Gasteiger partial charge in [0.1, 0.15) is 0 Å². The van der Waals surface area contributed by atoms with Crippen molar-refractivity contribution in [3.8, 4) is 0 Å². The molecular weight excluding hydrogens is 262 g/mol. The third-order valence-corrected chi connectivity index (χ3v) is 4.36. The molecule has 0 aliphatic heterocycles. The molecule has 0 spiro atoms. The highest BCUT2D eigenvalue weighted by molar-refractivity contribution is 5.49. The summed E-state index contributed by atoms with van der Waals surface area (Å²) in [6.45, 7) is 4.64. The smallest absolute Gasteiger partial charge is 0.210 e. The van der Waals surface area contributed by atoms with Crippen LogP contribution in [0.5, 0.6) is 0 Å². The van der Waals surface area contributed by atoms with E-state index < -0.39 is 0 Å². The third kappa shape index (κ3) is 2.99. The first-order valence-electron chi connectivity index (χ1n) is 7.48. The number of hydrogen-bond acceptors (Lipinski definition) is 2. The molecular formula is C17H21N3O. The minimum absolute atomic E-state index is 0.0653. The highest BCUT2D eigenvalue weighted by atomic mass is 16.1. The van der Waals surface area contributed by atoms with Gasteiger partial charge in [-0.3, -0.25) is 9.89 Å². The summed E-state index contributed by atoms with van der Waals surface area (Å²) in [4.78, 5) is 13.3. The molecule has 3 rings (SSSR count). The van der Waals surface area contributed by atoms with Gasteiger partial charge in [0.05, 0.1) is 12.2 Å². The zero-order chi connectivity index (χ0) is 14.8. The summed E-state index contributed by atoms with van der Waals surface area (Å²) in [6.07, 6.45) is 5.31. The van der Waals surface area contributed by atoms with Crippen molar-refractivity contribution < 1.29 is 4.79 Å². The van der Waals surface area contributed by atoms with Crippen molar-refractivity contribution in [1.82, 2.24) is 15.1 Å². The lowest BCUT2D eigenvalue weighted by Gasteiger charge is -2.25. The number of aromatic nitrogens is 2. The van der Waals surface area contributed by atoms with Gasteiger partial charge < -0.3 is 4.90 Å². The number of aryl methyl sites for hydroxylation is 1. The number of nitrogens with zero attached hydrogens (tertiary/aromatic N) is 2. The van der Waals surface area contributed by atoms with Crippen molar-refractivity contribution >= 4 is 6.41 Å². The van der Waals surface area contributed by atoms with E-state index in [2.05, 4.69) is 41.4 Å². The molecule has 0 bridgehead atoms. The van der Waals surface area contributed by atoms with Gasteiger partial charge in [0.25, 0.3) is 0 Å². The zero-order valence-electron chi connectivity index (χ0n) is 12.5. The van der Waals surface area contributed by atoms with Gasteiger partial charge in [0, 0.05) is 17.8 Å². The van der Waals surface area contributed by atoms with Crippen LogP contribution in [-0.4, -0.2) is 21.5 Å². The Balaban J connectivity index is 1.78. The second kappa shape index (κ2) is 5.72. The second-order valence-corrected chi connectivity index (χ2v) is 5.92. The van der Waals surface area contributed by atoms with Crippen LogP contribution in [0.3, 0.4) is 0 Å². The molecule has 0 saturated heterocycles. The van der Waals surface area contributed by atoms with E-state index in [0.29, 0.717) is 6.54 Å². The quantitative estimate of drug-likeness (QED) is 0.827. The van der Waals surface area contributed by atoms with E-state index in [0.717, 1.165) is 23.6 Å². The fourth-order valence-electron chi connectivity index (χ4n) is 2.68. The molecule has 1 aliphatic carbocycles. The SMILES string of the molecule is Cc1[nH]ncc1CN(C=O)C(C)c1cccc(C2CC2)c1. The van der Waals surface area contributed by atoms with Crippen LogP contribution in [-0.2, 0) is 11.3 Å². The summed E-state index contributed by atoms with van der Waals surface area (Å²) in [6, 6.07) is 8.72. The van der Waals surface area contributed by atoms with Gasteiger partial charge in [-0.15, -0.1) is 0 Å². The fraction of sp³-hybridized carbons (Fsp3) is 0.412. The van der Waals surface area contributed by atoms with Crippen LogP contribution < -0.4 is 0 Å². The monoisotopic (exact) mass is 283 g/mol. The maximum absolute atomic E-state index is 11.5. The Morgan fingerprint density at radius 2 is 2.29 bits per heavy atom. The molecule has 1 saturated carbocycles. The van der Waals surface area contributed by atoms with Crippen molar-refractivity contribution in [2.75, 3.05) is 0 Å². The van der Waals surface area contributed by atoms with E-state index in [4.69, 9.17) is 0 Å². The van der Waals surface area contributed by atoms with Crippen molar-refractivity contribution in [3.63, 3.8) is 0 Å². The molecule has 1 unspecified atom stereocenters. The largest absolute Gasteiger partial charge is 0.334 e. The van der Waals surface area contributed by atoms with Crippen molar-refractivity contribution in [2.45, 2.75) is 45.2 Å². The lowest BCUT2D eigenvalue weighted by atomic mass is 10.0. The summed E-state index contributed by atoms with van der Waals surface area (Å²) in [5.41, 5.74) is 4.69. The maximum atomic E-state index is 11.5. The lowest BCUT2D eigenvalue weighted by molar-refractivity contribution is -0.120. The van der Waals surface area contributed by atoms with Crippen molar-refractivity contribution in [1.29, 1.82) is 0 Å². The molecule has 4 heteroatoms. The van der Waals surface area contributed by atoms with Gasteiger partial charge in [-0.1, -0.05) is 24.3 Å². The number of carbonyl (C=O) groups excluding carboxylic acids is 1. The molecule has 1 aliphatic rings. The molecule has 1 atom stereocenters. The van der Waals surface area contributed by atoms with E-state index >= 15 is 0 Å². The number of benzene rings is 1. The molecule has 1 heterocycles. The molecule has 1 fully saturated rings. The van der Waals surface area contributed by atoms with Gasteiger partial charge in [-0.25, -0.2) is 0 Å². The number of nitrogens with one attached hydrogen (secondary N) is 1. The Labute approximate surface area is 125 Å². The van der Waals surface area contributed by atoms with E-state index in [-0.39, 0.29) is 6.04 Å². The highest BCUT2D eigenvalue weighted by Gasteiger charge is 2.24. The first-order chi connectivity index (χ1) is 10.2. The molecule has 2 aromatic rings. The third-order valence-electron chi connectivity index (χ3n) is 4.36. The molecule has 1 aromatic carbocycles. The first-order valence-corrected chi connectivity index (χ1v) is 7.48. The Bertz CT molecular complexity index is 630. The van der Waals surface area contributed by atoms with Gasteiger partial charge >= 0.3 is 0 Å². The van der Waals surface area contributed by atoms with Crippen molar-refractivity contribution in [3.05, 3.63) is 52.8 Å². The Morgan fingerprint density at radius 1 is 1.48 bits per heavy atom. The number of H-pyrrole nitrogens is 1. The normalized spacial score (nSPS) is 15.7. The van der Waals surface area contributed by atoms with Crippen molar-refractivity contribution in [2.24, 2.45) is 0 Å².